The van der Waals surface area contributed by atoms with Crippen LogP contribution in [0.25, 0.3) is 11.1 Å². The van der Waals surface area contributed by atoms with E-state index in [4.69, 9.17) is 4.42 Å². The molecule has 0 amide bonds. The van der Waals surface area contributed by atoms with Crippen LogP contribution in [0.4, 0.5) is 10.4 Å². The minimum Gasteiger partial charge on any atom is -0.420 e. The van der Waals surface area contributed by atoms with Gasteiger partial charge in [0, 0.05) is 30.1 Å². The molecular weight excluding hydrogens is 349 g/mol. The molecule has 1 aliphatic heterocycles. The Balaban J connectivity index is 1.83. The molecule has 2 atom stereocenters. The normalized spacial score (nSPS) is 23.1. The van der Waals surface area contributed by atoms with E-state index < -0.39 is 0 Å². The first kappa shape index (κ1) is 15.7. The largest absolute Gasteiger partial charge is 0.420 e. The fourth-order valence-corrected chi connectivity index (χ4v) is 3.69. The molecule has 6 heteroatoms. The van der Waals surface area contributed by atoms with E-state index >= 15 is 0 Å². The van der Waals surface area contributed by atoms with Gasteiger partial charge in [-0.3, -0.25) is 0 Å². The second-order valence-corrected chi connectivity index (χ2v) is 6.91. The van der Waals surface area contributed by atoms with Gasteiger partial charge in [0.15, 0.2) is 11.4 Å². The third kappa shape index (κ3) is 2.86. The predicted molar refractivity (Wildman–Crippen MR) is 89.8 cm³/mol. The van der Waals surface area contributed by atoms with E-state index in [1.807, 2.05) is 7.05 Å². The molecule has 2 heterocycles. The number of aromatic nitrogens is 1. The third-order valence-corrected chi connectivity index (χ3v) is 5.10. The molecule has 22 heavy (non-hydrogen) atoms. The van der Waals surface area contributed by atoms with E-state index in [9.17, 15) is 4.39 Å². The molecule has 120 valence electrons. The molecule has 0 spiro atoms. The fourth-order valence-electron chi connectivity index (χ4n) is 3.27. The second kappa shape index (κ2) is 6.16. The van der Waals surface area contributed by atoms with Gasteiger partial charge in [0.2, 0.25) is 0 Å². The Morgan fingerprint density at radius 1 is 1.50 bits per heavy atom. The number of piperidine rings is 1. The quantitative estimate of drug-likeness (QED) is 0.817. The van der Waals surface area contributed by atoms with Gasteiger partial charge in [-0.25, -0.2) is 4.39 Å². The van der Waals surface area contributed by atoms with E-state index in [1.54, 1.807) is 6.07 Å². The standard InChI is InChI=1S/C16H21BrFN3O/c1-4-21-6-5-12(7-10(21)2)20(3)16-19-14-9-11(17)8-13(18)15(14)22-16/h8-10,12H,4-7H2,1-3H3/t10-,12-/m0/s1. The van der Waals surface area contributed by atoms with Gasteiger partial charge in [-0.2, -0.15) is 4.98 Å². The van der Waals surface area contributed by atoms with E-state index in [1.165, 1.54) is 6.07 Å². The van der Waals surface area contributed by atoms with Crippen molar-refractivity contribution in [3.05, 3.63) is 22.4 Å². The van der Waals surface area contributed by atoms with Gasteiger partial charge in [0.25, 0.3) is 6.01 Å². The summed E-state index contributed by atoms with van der Waals surface area (Å²) in [5.74, 6) is -0.384. The molecule has 1 aromatic carbocycles. The molecule has 0 unspecified atom stereocenters. The molecule has 0 bridgehead atoms. The predicted octanol–water partition coefficient (Wildman–Crippen LogP) is 4.04. The van der Waals surface area contributed by atoms with Crippen LogP contribution < -0.4 is 4.90 Å². The summed E-state index contributed by atoms with van der Waals surface area (Å²) in [6.07, 6.45) is 2.13. The van der Waals surface area contributed by atoms with Crippen molar-refractivity contribution in [2.45, 2.75) is 38.8 Å². The number of likely N-dealkylation sites (tertiary alicyclic amines) is 1. The first-order chi connectivity index (χ1) is 10.5. The van der Waals surface area contributed by atoms with Gasteiger partial charge in [0.1, 0.15) is 5.52 Å². The third-order valence-electron chi connectivity index (χ3n) is 4.64. The lowest BCUT2D eigenvalue weighted by Crippen LogP contribution is -2.48. The van der Waals surface area contributed by atoms with E-state index in [0.29, 0.717) is 28.1 Å². The van der Waals surface area contributed by atoms with E-state index in [-0.39, 0.29) is 11.4 Å². The van der Waals surface area contributed by atoms with Crippen LogP contribution >= 0.6 is 15.9 Å². The van der Waals surface area contributed by atoms with Gasteiger partial charge in [-0.05, 0) is 38.4 Å². The van der Waals surface area contributed by atoms with Crippen LogP contribution in [0, 0.1) is 5.82 Å². The Kier molecular flexibility index (Phi) is 4.41. The van der Waals surface area contributed by atoms with Crippen molar-refractivity contribution >= 4 is 33.0 Å². The number of hydrogen-bond acceptors (Lipinski definition) is 4. The highest BCUT2D eigenvalue weighted by atomic mass is 79.9. The van der Waals surface area contributed by atoms with Crippen molar-refractivity contribution in [1.82, 2.24) is 9.88 Å². The molecule has 4 nitrogen and oxygen atoms in total. The fraction of sp³-hybridized carbons (Fsp3) is 0.562. The molecule has 1 aromatic heterocycles. The Labute approximate surface area is 138 Å². The Hall–Kier alpha value is -1.14. The maximum absolute atomic E-state index is 13.9. The van der Waals surface area contributed by atoms with Gasteiger partial charge < -0.3 is 14.2 Å². The van der Waals surface area contributed by atoms with Crippen molar-refractivity contribution < 1.29 is 8.81 Å². The second-order valence-electron chi connectivity index (χ2n) is 6.00. The maximum Gasteiger partial charge on any atom is 0.298 e. The van der Waals surface area contributed by atoms with E-state index in [0.717, 1.165) is 25.9 Å². The van der Waals surface area contributed by atoms with Crippen LogP contribution in [0.2, 0.25) is 0 Å². The summed E-state index contributed by atoms with van der Waals surface area (Å²) in [6, 6.07) is 4.59. The molecule has 1 aliphatic rings. The smallest absolute Gasteiger partial charge is 0.298 e. The average Bonchev–Trinajstić information content (AvgIpc) is 2.90. The zero-order valence-corrected chi connectivity index (χ0v) is 14.7. The van der Waals surface area contributed by atoms with E-state index in [2.05, 4.69) is 44.6 Å². The van der Waals surface area contributed by atoms with Crippen LogP contribution in [0.1, 0.15) is 26.7 Å². The molecular formula is C16H21BrFN3O. The number of nitrogens with zero attached hydrogens (tertiary/aromatic N) is 3. The first-order valence-corrected chi connectivity index (χ1v) is 8.51. The zero-order valence-electron chi connectivity index (χ0n) is 13.1. The zero-order chi connectivity index (χ0) is 15.9. The summed E-state index contributed by atoms with van der Waals surface area (Å²) in [5.41, 5.74) is 0.775. The van der Waals surface area contributed by atoms with Crippen molar-refractivity contribution in [2.24, 2.45) is 0 Å². The van der Waals surface area contributed by atoms with Crippen molar-refractivity contribution in [1.29, 1.82) is 0 Å². The number of hydrogen-bond donors (Lipinski definition) is 0. The molecule has 2 aromatic rings. The average molecular weight is 370 g/mol. The summed E-state index contributed by atoms with van der Waals surface area (Å²) < 4.78 is 20.3. The minimum atomic E-state index is -0.384. The molecule has 0 N–H and O–H groups in total. The first-order valence-electron chi connectivity index (χ1n) is 7.72. The van der Waals surface area contributed by atoms with Crippen LogP contribution in [0.5, 0.6) is 0 Å². The lowest BCUT2D eigenvalue weighted by molar-refractivity contribution is 0.152. The molecule has 0 aliphatic carbocycles. The Bertz CT molecular complexity index is 675. The highest BCUT2D eigenvalue weighted by Gasteiger charge is 2.29. The van der Waals surface area contributed by atoms with Crippen LogP contribution in [0.3, 0.4) is 0 Å². The molecule has 3 rings (SSSR count). The number of fused-ring (bicyclic) bond motifs is 1. The van der Waals surface area contributed by atoms with Gasteiger partial charge in [0.05, 0.1) is 0 Å². The van der Waals surface area contributed by atoms with Gasteiger partial charge >= 0.3 is 0 Å². The summed E-state index contributed by atoms with van der Waals surface area (Å²) in [7, 11) is 1.98. The summed E-state index contributed by atoms with van der Waals surface area (Å²) in [4.78, 5) is 8.98. The maximum atomic E-state index is 13.9. The number of halogens is 2. The molecule has 0 radical (unpaired) electrons. The number of oxazole rings is 1. The van der Waals surface area contributed by atoms with Crippen molar-refractivity contribution in [3.8, 4) is 0 Å². The number of rotatable bonds is 3. The highest BCUT2D eigenvalue weighted by molar-refractivity contribution is 9.10. The molecule has 1 fully saturated rings. The Morgan fingerprint density at radius 2 is 2.27 bits per heavy atom. The summed E-state index contributed by atoms with van der Waals surface area (Å²) >= 11 is 3.29. The van der Waals surface area contributed by atoms with Crippen LogP contribution in [0.15, 0.2) is 21.0 Å². The van der Waals surface area contributed by atoms with Crippen LogP contribution in [-0.2, 0) is 0 Å². The number of anilines is 1. The van der Waals surface area contributed by atoms with Gasteiger partial charge in [-0.1, -0.05) is 22.9 Å². The van der Waals surface area contributed by atoms with Gasteiger partial charge in [-0.15, -0.1) is 0 Å². The molecule has 1 saturated heterocycles. The summed E-state index contributed by atoms with van der Waals surface area (Å²) in [5, 5.41) is 0. The van der Waals surface area contributed by atoms with Crippen molar-refractivity contribution in [3.63, 3.8) is 0 Å². The monoisotopic (exact) mass is 369 g/mol. The topological polar surface area (TPSA) is 32.5 Å². The summed E-state index contributed by atoms with van der Waals surface area (Å²) in [6.45, 7) is 6.61. The lowest BCUT2D eigenvalue weighted by atomic mass is 9.97. The highest BCUT2D eigenvalue weighted by Crippen LogP contribution is 2.30. The molecule has 0 saturated carbocycles. The lowest BCUT2D eigenvalue weighted by Gasteiger charge is -2.40. The SMILES string of the molecule is CCN1CC[C@H](N(C)c2nc3cc(Br)cc(F)c3o2)C[C@@H]1C. The van der Waals surface area contributed by atoms with Crippen LogP contribution in [-0.4, -0.2) is 42.1 Å². The minimum absolute atomic E-state index is 0.226. The number of benzene rings is 1. The van der Waals surface area contributed by atoms with Crippen molar-refractivity contribution in [2.75, 3.05) is 25.0 Å². The Morgan fingerprint density at radius 3 is 2.95 bits per heavy atom.